The van der Waals surface area contributed by atoms with Crippen molar-refractivity contribution >= 4 is 39.1 Å². The maximum absolute atomic E-state index is 12.7. The van der Waals surface area contributed by atoms with Gasteiger partial charge in [0, 0.05) is 23.2 Å². The van der Waals surface area contributed by atoms with Crippen LogP contribution in [0.15, 0.2) is 53.0 Å². The fraction of sp³-hybridized carbons (Fsp3) is 0.333. The third-order valence-corrected chi connectivity index (χ3v) is 5.40. The van der Waals surface area contributed by atoms with Gasteiger partial charge in [0.2, 0.25) is 11.8 Å². The average molecular weight is 430 g/mol. The summed E-state index contributed by atoms with van der Waals surface area (Å²) in [6.45, 7) is 1.52. The number of para-hydroxylation sites is 1. The van der Waals surface area contributed by atoms with Crippen molar-refractivity contribution in [2.45, 2.75) is 12.8 Å². The van der Waals surface area contributed by atoms with E-state index in [1.807, 2.05) is 62.6 Å². The lowest BCUT2D eigenvalue weighted by Gasteiger charge is -2.18. The highest BCUT2D eigenvalue weighted by Gasteiger charge is 2.38. The van der Waals surface area contributed by atoms with E-state index in [4.69, 9.17) is 0 Å². The van der Waals surface area contributed by atoms with E-state index >= 15 is 0 Å². The summed E-state index contributed by atoms with van der Waals surface area (Å²) in [5.41, 5.74) is 2.75. The summed E-state index contributed by atoms with van der Waals surface area (Å²) < 4.78 is 0.854. The quantitative estimate of drug-likeness (QED) is 0.714. The first kappa shape index (κ1) is 19.6. The van der Waals surface area contributed by atoms with Gasteiger partial charge in [0.15, 0.2) is 0 Å². The smallest absolute Gasteiger partial charge is 0.239 e. The third kappa shape index (κ3) is 4.76. The van der Waals surface area contributed by atoms with Crippen LogP contribution in [0.5, 0.6) is 0 Å². The summed E-state index contributed by atoms with van der Waals surface area (Å²) in [4.78, 5) is 29.2. The van der Waals surface area contributed by atoms with E-state index in [1.165, 1.54) is 5.56 Å². The second-order valence-corrected chi connectivity index (χ2v) is 7.88. The van der Waals surface area contributed by atoms with Gasteiger partial charge in [-0.2, -0.15) is 0 Å². The number of nitrogens with one attached hydrogen (secondary N) is 1. The Bertz CT molecular complexity index is 820. The van der Waals surface area contributed by atoms with E-state index in [0.29, 0.717) is 13.0 Å². The van der Waals surface area contributed by atoms with Gasteiger partial charge < -0.3 is 15.1 Å². The van der Waals surface area contributed by atoms with Crippen LogP contribution in [0.3, 0.4) is 0 Å². The lowest BCUT2D eigenvalue weighted by molar-refractivity contribution is -0.129. The summed E-state index contributed by atoms with van der Waals surface area (Å²) in [5, 5.41) is 2.88. The number of hydrogen-bond acceptors (Lipinski definition) is 3. The zero-order valence-electron chi connectivity index (χ0n) is 15.6. The van der Waals surface area contributed by atoms with Crippen molar-refractivity contribution in [1.29, 1.82) is 0 Å². The standard InChI is InChI=1S/C21H24BrN3O2/c1-24(2)13-11-15-7-9-16(10-8-15)23-20(26)17-12-14-25(21(17)27)19-6-4-3-5-18(19)22/h3-10,17H,11-14H2,1-2H3,(H,23,26). The Balaban J connectivity index is 1.62. The molecule has 27 heavy (non-hydrogen) atoms. The lowest BCUT2D eigenvalue weighted by atomic mass is 10.1. The minimum atomic E-state index is -0.648. The zero-order chi connectivity index (χ0) is 19.4. The number of carbonyl (C=O) groups is 2. The molecule has 0 spiro atoms. The number of amides is 2. The van der Waals surface area contributed by atoms with Crippen LogP contribution in [0.4, 0.5) is 11.4 Å². The second-order valence-electron chi connectivity index (χ2n) is 7.02. The number of carbonyl (C=O) groups excluding carboxylic acids is 2. The molecule has 0 radical (unpaired) electrons. The summed E-state index contributed by atoms with van der Waals surface area (Å²) in [6, 6.07) is 15.4. The molecule has 5 nitrogen and oxygen atoms in total. The van der Waals surface area contributed by atoms with E-state index in [-0.39, 0.29) is 11.8 Å². The van der Waals surface area contributed by atoms with Gasteiger partial charge in [0.25, 0.3) is 0 Å². The van der Waals surface area contributed by atoms with E-state index < -0.39 is 5.92 Å². The van der Waals surface area contributed by atoms with Crippen LogP contribution in [0.25, 0.3) is 0 Å². The first-order valence-corrected chi connectivity index (χ1v) is 9.85. The number of rotatable bonds is 6. The first-order valence-electron chi connectivity index (χ1n) is 9.06. The Morgan fingerprint density at radius 1 is 1.19 bits per heavy atom. The molecule has 0 aliphatic carbocycles. The average Bonchev–Trinajstić information content (AvgIpc) is 3.03. The number of benzene rings is 2. The van der Waals surface area contributed by atoms with Crippen molar-refractivity contribution in [3.8, 4) is 0 Å². The fourth-order valence-corrected chi connectivity index (χ4v) is 3.67. The topological polar surface area (TPSA) is 52.7 Å². The maximum atomic E-state index is 12.7. The van der Waals surface area contributed by atoms with Crippen LogP contribution in [-0.4, -0.2) is 43.9 Å². The maximum Gasteiger partial charge on any atom is 0.239 e. The molecule has 1 N–H and O–H groups in total. The van der Waals surface area contributed by atoms with Gasteiger partial charge in [-0.25, -0.2) is 0 Å². The highest BCUT2D eigenvalue weighted by Crippen LogP contribution is 2.31. The third-order valence-electron chi connectivity index (χ3n) is 4.73. The molecule has 1 fully saturated rings. The van der Waals surface area contributed by atoms with E-state index in [0.717, 1.165) is 28.8 Å². The summed E-state index contributed by atoms with van der Waals surface area (Å²) in [5.74, 6) is -1.04. The zero-order valence-corrected chi connectivity index (χ0v) is 17.2. The van der Waals surface area contributed by atoms with Crippen molar-refractivity contribution in [2.24, 2.45) is 5.92 Å². The molecular formula is C21H24BrN3O2. The predicted octanol–water partition coefficient (Wildman–Crippen LogP) is 3.54. The molecule has 1 aliphatic heterocycles. The van der Waals surface area contributed by atoms with E-state index in [9.17, 15) is 9.59 Å². The molecule has 2 aromatic carbocycles. The molecule has 1 heterocycles. The Kier molecular flexibility index (Phi) is 6.29. The number of halogens is 1. The van der Waals surface area contributed by atoms with Gasteiger partial charge in [0.1, 0.15) is 5.92 Å². The van der Waals surface area contributed by atoms with Crippen molar-refractivity contribution in [3.05, 3.63) is 58.6 Å². The van der Waals surface area contributed by atoms with Gasteiger partial charge in [-0.3, -0.25) is 9.59 Å². The number of hydrogen-bond donors (Lipinski definition) is 1. The van der Waals surface area contributed by atoms with Gasteiger partial charge >= 0.3 is 0 Å². The van der Waals surface area contributed by atoms with Crippen molar-refractivity contribution in [2.75, 3.05) is 37.4 Å². The predicted molar refractivity (Wildman–Crippen MR) is 112 cm³/mol. The van der Waals surface area contributed by atoms with E-state index in [2.05, 4.69) is 26.1 Å². The molecule has 1 saturated heterocycles. The van der Waals surface area contributed by atoms with Crippen LogP contribution in [0, 0.1) is 5.92 Å². The number of nitrogens with zero attached hydrogens (tertiary/aromatic N) is 2. The first-order chi connectivity index (χ1) is 13.0. The minimum absolute atomic E-state index is 0.151. The van der Waals surface area contributed by atoms with Gasteiger partial charge in [-0.1, -0.05) is 24.3 Å². The normalized spacial score (nSPS) is 16.8. The van der Waals surface area contributed by atoms with Crippen LogP contribution in [0.1, 0.15) is 12.0 Å². The molecule has 142 valence electrons. The van der Waals surface area contributed by atoms with Crippen molar-refractivity contribution < 1.29 is 9.59 Å². The van der Waals surface area contributed by atoms with Crippen LogP contribution in [0.2, 0.25) is 0 Å². The Morgan fingerprint density at radius 2 is 1.89 bits per heavy atom. The van der Waals surface area contributed by atoms with Gasteiger partial charge in [-0.15, -0.1) is 0 Å². The molecule has 0 aromatic heterocycles. The Hall–Kier alpha value is -2.18. The lowest BCUT2D eigenvalue weighted by Crippen LogP contribution is -2.33. The molecule has 2 amide bonds. The van der Waals surface area contributed by atoms with Crippen molar-refractivity contribution in [3.63, 3.8) is 0 Å². The second kappa shape index (κ2) is 8.67. The monoisotopic (exact) mass is 429 g/mol. The van der Waals surface area contributed by atoms with Crippen LogP contribution in [-0.2, 0) is 16.0 Å². The summed E-state index contributed by atoms with van der Waals surface area (Å²) in [6.07, 6.45) is 1.48. The summed E-state index contributed by atoms with van der Waals surface area (Å²) >= 11 is 3.48. The summed E-state index contributed by atoms with van der Waals surface area (Å²) in [7, 11) is 4.09. The molecule has 0 saturated carbocycles. The molecule has 0 bridgehead atoms. The molecule has 3 rings (SSSR count). The molecular weight excluding hydrogens is 406 g/mol. The van der Waals surface area contributed by atoms with Crippen LogP contribution < -0.4 is 10.2 Å². The van der Waals surface area contributed by atoms with Crippen molar-refractivity contribution in [1.82, 2.24) is 4.90 Å². The highest BCUT2D eigenvalue weighted by molar-refractivity contribution is 9.10. The molecule has 1 atom stereocenters. The van der Waals surface area contributed by atoms with E-state index in [1.54, 1.807) is 4.90 Å². The molecule has 1 unspecified atom stereocenters. The number of anilines is 2. The van der Waals surface area contributed by atoms with Gasteiger partial charge in [0.05, 0.1) is 5.69 Å². The largest absolute Gasteiger partial charge is 0.325 e. The number of likely N-dealkylation sites (N-methyl/N-ethyl adjacent to an activating group) is 1. The molecule has 6 heteroatoms. The highest BCUT2D eigenvalue weighted by atomic mass is 79.9. The van der Waals surface area contributed by atoms with Gasteiger partial charge in [-0.05, 0) is 72.7 Å². The SMILES string of the molecule is CN(C)CCc1ccc(NC(=O)C2CCN(c3ccccc3Br)C2=O)cc1. The molecule has 1 aliphatic rings. The fourth-order valence-electron chi connectivity index (χ4n) is 3.17. The van der Waals surface area contributed by atoms with Crippen LogP contribution >= 0.6 is 15.9 Å². The minimum Gasteiger partial charge on any atom is -0.325 e. The Morgan fingerprint density at radius 3 is 2.56 bits per heavy atom. The molecule has 2 aromatic rings. The Labute approximate surface area is 168 Å².